The average Bonchev–Trinajstić information content (AvgIpc) is 2.87. The van der Waals surface area contributed by atoms with Crippen LogP contribution in [-0.2, 0) is 12.7 Å². The molecule has 0 fully saturated rings. The molecule has 0 aliphatic heterocycles. The standard InChI is InChI=1S/C11H9F3N4OS/c12-11(13,14)8-2-1-7(9(15)19)10(18-8)16-3-6-4-20-5-17-6/h1-2,4-5H,3H2,(H2,15,19)(H,16,18). The number of nitrogens with zero attached hydrogens (tertiary/aromatic N) is 2. The van der Waals surface area contributed by atoms with E-state index in [0.29, 0.717) is 11.8 Å². The van der Waals surface area contributed by atoms with E-state index in [4.69, 9.17) is 5.73 Å². The van der Waals surface area contributed by atoms with Gasteiger partial charge in [-0.15, -0.1) is 11.3 Å². The van der Waals surface area contributed by atoms with Gasteiger partial charge in [-0.3, -0.25) is 4.79 Å². The van der Waals surface area contributed by atoms with Crippen molar-refractivity contribution in [2.45, 2.75) is 12.7 Å². The van der Waals surface area contributed by atoms with Crippen LogP contribution in [0.3, 0.4) is 0 Å². The smallest absolute Gasteiger partial charge is 0.365 e. The molecule has 2 aromatic heterocycles. The number of nitrogens with two attached hydrogens (primary N) is 1. The van der Waals surface area contributed by atoms with E-state index in [0.717, 1.165) is 6.07 Å². The van der Waals surface area contributed by atoms with Crippen molar-refractivity contribution >= 4 is 23.1 Å². The Labute approximate surface area is 115 Å². The number of alkyl halides is 3. The average molecular weight is 302 g/mol. The number of hydrogen-bond acceptors (Lipinski definition) is 5. The van der Waals surface area contributed by atoms with Crippen LogP contribution in [0.25, 0.3) is 0 Å². The molecule has 0 saturated carbocycles. The number of amides is 1. The van der Waals surface area contributed by atoms with Crippen LogP contribution in [0, 0.1) is 0 Å². The van der Waals surface area contributed by atoms with Gasteiger partial charge in [0.1, 0.15) is 11.5 Å². The third kappa shape index (κ3) is 3.23. The van der Waals surface area contributed by atoms with Crippen molar-refractivity contribution in [2.24, 2.45) is 5.73 Å². The Morgan fingerprint density at radius 1 is 1.40 bits per heavy atom. The lowest BCUT2D eigenvalue weighted by Gasteiger charge is -2.11. The first-order valence-electron chi connectivity index (χ1n) is 5.37. The van der Waals surface area contributed by atoms with Gasteiger partial charge in [-0.25, -0.2) is 9.97 Å². The molecule has 0 aliphatic rings. The van der Waals surface area contributed by atoms with Gasteiger partial charge in [-0.2, -0.15) is 13.2 Å². The molecule has 0 unspecified atom stereocenters. The monoisotopic (exact) mass is 302 g/mol. The molecule has 9 heteroatoms. The van der Waals surface area contributed by atoms with Crippen LogP contribution >= 0.6 is 11.3 Å². The zero-order chi connectivity index (χ0) is 14.8. The first kappa shape index (κ1) is 14.3. The maximum Gasteiger partial charge on any atom is 0.433 e. The molecule has 0 atom stereocenters. The highest BCUT2D eigenvalue weighted by Crippen LogP contribution is 2.29. The Morgan fingerprint density at radius 3 is 2.70 bits per heavy atom. The molecule has 2 heterocycles. The normalized spacial score (nSPS) is 11.3. The molecule has 0 radical (unpaired) electrons. The fourth-order valence-electron chi connectivity index (χ4n) is 1.45. The van der Waals surface area contributed by atoms with Crippen LogP contribution in [0.1, 0.15) is 21.7 Å². The number of nitrogens with one attached hydrogen (secondary N) is 1. The van der Waals surface area contributed by atoms with E-state index in [-0.39, 0.29) is 17.9 Å². The highest BCUT2D eigenvalue weighted by atomic mass is 32.1. The summed E-state index contributed by atoms with van der Waals surface area (Å²) >= 11 is 1.35. The molecule has 5 nitrogen and oxygen atoms in total. The summed E-state index contributed by atoms with van der Waals surface area (Å²) in [5, 5.41) is 4.37. The van der Waals surface area contributed by atoms with Gasteiger partial charge in [0.2, 0.25) is 0 Å². The lowest BCUT2D eigenvalue weighted by atomic mass is 10.2. The number of aromatic nitrogens is 2. The number of pyridine rings is 1. The predicted molar refractivity (Wildman–Crippen MR) is 67.2 cm³/mol. The summed E-state index contributed by atoms with van der Waals surface area (Å²) in [4.78, 5) is 18.6. The Balaban J connectivity index is 2.29. The molecule has 2 aromatic rings. The fraction of sp³-hybridized carbons (Fsp3) is 0.182. The molecule has 1 amide bonds. The fourth-order valence-corrected chi connectivity index (χ4v) is 2.01. The Kier molecular flexibility index (Phi) is 3.89. The van der Waals surface area contributed by atoms with E-state index in [2.05, 4.69) is 15.3 Å². The van der Waals surface area contributed by atoms with Crippen LogP contribution in [-0.4, -0.2) is 15.9 Å². The number of hydrogen-bond donors (Lipinski definition) is 2. The van der Waals surface area contributed by atoms with E-state index >= 15 is 0 Å². The second kappa shape index (κ2) is 5.45. The Hall–Kier alpha value is -2.16. The zero-order valence-electron chi connectivity index (χ0n) is 9.94. The van der Waals surface area contributed by atoms with Crippen molar-refractivity contribution in [3.63, 3.8) is 0 Å². The number of thiazole rings is 1. The number of carbonyl (C=O) groups excluding carboxylic acids is 1. The highest BCUT2D eigenvalue weighted by molar-refractivity contribution is 7.07. The minimum absolute atomic E-state index is 0.103. The van der Waals surface area contributed by atoms with Crippen LogP contribution in [0.5, 0.6) is 0 Å². The minimum Gasteiger partial charge on any atom is -0.365 e. The SMILES string of the molecule is NC(=O)c1ccc(C(F)(F)F)nc1NCc1cscn1. The van der Waals surface area contributed by atoms with Gasteiger partial charge in [-0.1, -0.05) is 0 Å². The first-order valence-corrected chi connectivity index (χ1v) is 6.31. The van der Waals surface area contributed by atoms with Crippen molar-refractivity contribution in [2.75, 3.05) is 5.32 Å². The zero-order valence-corrected chi connectivity index (χ0v) is 10.8. The number of halogens is 3. The third-order valence-electron chi connectivity index (χ3n) is 2.37. The molecule has 106 valence electrons. The summed E-state index contributed by atoms with van der Waals surface area (Å²) in [5.74, 6) is -1.06. The number of primary amides is 1. The number of carbonyl (C=O) groups is 1. The van der Waals surface area contributed by atoms with Crippen LogP contribution < -0.4 is 11.1 Å². The lowest BCUT2D eigenvalue weighted by molar-refractivity contribution is -0.141. The molecule has 2 rings (SSSR count). The minimum atomic E-state index is -4.59. The molecular formula is C11H9F3N4OS. The van der Waals surface area contributed by atoms with Gasteiger partial charge in [-0.05, 0) is 12.1 Å². The van der Waals surface area contributed by atoms with E-state index < -0.39 is 17.8 Å². The van der Waals surface area contributed by atoms with Gasteiger partial charge in [0, 0.05) is 5.38 Å². The summed E-state index contributed by atoms with van der Waals surface area (Å²) in [7, 11) is 0. The lowest BCUT2D eigenvalue weighted by Crippen LogP contribution is -2.18. The molecule has 3 N–H and O–H groups in total. The number of rotatable bonds is 4. The van der Waals surface area contributed by atoms with Crippen molar-refractivity contribution < 1.29 is 18.0 Å². The van der Waals surface area contributed by atoms with Gasteiger partial charge >= 0.3 is 6.18 Å². The summed E-state index contributed by atoms with van der Waals surface area (Å²) in [5.41, 5.74) is 6.13. The molecule has 0 aromatic carbocycles. The van der Waals surface area contributed by atoms with Crippen LogP contribution in [0.2, 0.25) is 0 Å². The maximum absolute atomic E-state index is 12.6. The second-order valence-electron chi connectivity index (χ2n) is 3.79. The first-order chi connectivity index (χ1) is 9.38. The second-order valence-corrected chi connectivity index (χ2v) is 4.51. The maximum atomic E-state index is 12.6. The largest absolute Gasteiger partial charge is 0.433 e. The summed E-state index contributed by atoms with van der Waals surface area (Å²) < 4.78 is 37.8. The quantitative estimate of drug-likeness (QED) is 0.908. The van der Waals surface area contributed by atoms with Crippen molar-refractivity contribution in [1.82, 2.24) is 9.97 Å². The van der Waals surface area contributed by atoms with Gasteiger partial charge in [0.05, 0.1) is 23.3 Å². The molecule has 0 spiro atoms. The molecule has 20 heavy (non-hydrogen) atoms. The summed E-state index contributed by atoms with van der Waals surface area (Å²) in [6, 6.07) is 1.72. The molecule has 0 bridgehead atoms. The van der Waals surface area contributed by atoms with Gasteiger partial charge < -0.3 is 11.1 Å². The number of anilines is 1. The van der Waals surface area contributed by atoms with E-state index in [1.807, 2.05) is 0 Å². The van der Waals surface area contributed by atoms with Crippen LogP contribution in [0.15, 0.2) is 23.0 Å². The predicted octanol–water partition coefficient (Wildman–Crippen LogP) is 2.27. The van der Waals surface area contributed by atoms with Gasteiger partial charge in [0.15, 0.2) is 0 Å². The van der Waals surface area contributed by atoms with Crippen molar-refractivity contribution in [3.8, 4) is 0 Å². The molecule has 0 aliphatic carbocycles. The van der Waals surface area contributed by atoms with Crippen molar-refractivity contribution in [3.05, 3.63) is 40.0 Å². The molecular weight excluding hydrogens is 293 g/mol. The summed E-state index contributed by atoms with van der Waals surface area (Å²) in [6.07, 6.45) is -4.59. The highest BCUT2D eigenvalue weighted by Gasteiger charge is 2.33. The van der Waals surface area contributed by atoms with Crippen molar-refractivity contribution in [1.29, 1.82) is 0 Å². The van der Waals surface area contributed by atoms with Gasteiger partial charge in [0.25, 0.3) is 5.91 Å². The Bertz CT molecular complexity index is 613. The summed E-state index contributed by atoms with van der Waals surface area (Å²) in [6.45, 7) is 0.151. The van der Waals surface area contributed by atoms with Crippen LogP contribution in [0.4, 0.5) is 19.0 Å². The van der Waals surface area contributed by atoms with E-state index in [1.165, 1.54) is 11.3 Å². The van der Waals surface area contributed by atoms with E-state index in [1.54, 1.807) is 10.9 Å². The third-order valence-corrected chi connectivity index (χ3v) is 3.01. The molecule has 0 saturated heterocycles. The Morgan fingerprint density at radius 2 is 2.15 bits per heavy atom. The topological polar surface area (TPSA) is 80.9 Å². The van der Waals surface area contributed by atoms with E-state index in [9.17, 15) is 18.0 Å².